The molecular formula is C22H22N4O3. The molecule has 0 aliphatic carbocycles. The Labute approximate surface area is 167 Å². The van der Waals surface area contributed by atoms with Gasteiger partial charge in [0.25, 0.3) is 0 Å². The van der Waals surface area contributed by atoms with E-state index in [9.17, 15) is 9.90 Å². The number of hydrogen-bond acceptors (Lipinski definition) is 5. The standard InChI is InChI=1S/C22H22N4O3/c1-25-8-10-26(11-9-25)13-16-19(27)7-6-14-12-15(22(28)29-20(14)16)21-23-17-4-2-3-5-18(17)24-21/h2-7,12,27H,8-11,13H2,1H3,(H,23,24). The van der Waals surface area contributed by atoms with Crippen LogP contribution >= 0.6 is 0 Å². The number of benzene rings is 2. The molecule has 5 rings (SSSR count). The summed E-state index contributed by atoms with van der Waals surface area (Å²) in [6.45, 7) is 4.49. The number of quaternary nitrogens is 1. The van der Waals surface area contributed by atoms with E-state index in [0.29, 0.717) is 29.1 Å². The number of piperazine rings is 1. The summed E-state index contributed by atoms with van der Waals surface area (Å²) in [5, 5.41) is 13.3. The molecule has 2 N–H and O–H groups in total. The van der Waals surface area contributed by atoms with Crippen molar-refractivity contribution in [1.82, 2.24) is 14.9 Å². The summed E-state index contributed by atoms with van der Waals surface area (Å²) in [6.07, 6.45) is 0. The van der Waals surface area contributed by atoms with Crippen LogP contribution in [0.3, 0.4) is 0 Å². The molecule has 7 heteroatoms. The Morgan fingerprint density at radius 2 is 2.00 bits per heavy atom. The van der Waals surface area contributed by atoms with Crippen molar-refractivity contribution in [1.29, 1.82) is 0 Å². The van der Waals surface area contributed by atoms with E-state index in [4.69, 9.17) is 4.42 Å². The number of aromatic amines is 1. The highest BCUT2D eigenvalue weighted by molar-refractivity contribution is 5.86. The Morgan fingerprint density at radius 1 is 1.21 bits per heavy atom. The van der Waals surface area contributed by atoms with Crippen molar-refractivity contribution < 1.29 is 14.4 Å². The fourth-order valence-electron chi connectivity index (χ4n) is 4.00. The molecule has 0 bridgehead atoms. The third kappa shape index (κ3) is 3.28. The van der Waals surface area contributed by atoms with Crippen molar-refractivity contribution in [2.24, 2.45) is 0 Å². The highest BCUT2D eigenvalue weighted by Gasteiger charge is 2.20. The molecule has 29 heavy (non-hydrogen) atoms. The Hall–Kier alpha value is -3.16. The highest BCUT2D eigenvalue weighted by Crippen LogP contribution is 2.27. The molecule has 148 valence electrons. The van der Waals surface area contributed by atoms with Gasteiger partial charge in [-0.15, -0.1) is 0 Å². The van der Waals surface area contributed by atoms with Crippen molar-refractivity contribution in [3.63, 3.8) is 0 Å². The lowest BCUT2D eigenvalue weighted by atomic mass is 10.1. The van der Waals surface area contributed by atoms with Gasteiger partial charge in [0, 0.05) is 24.0 Å². The SMILES string of the molecule is CN1CC[NH+](Cc2c([O-])ccc3cc(-c4nc5ccccc5[nH]4)c(=O)oc23)CC1. The van der Waals surface area contributed by atoms with E-state index in [1.165, 1.54) is 4.90 Å². The van der Waals surface area contributed by atoms with Crippen molar-refractivity contribution in [2.45, 2.75) is 6.54 Å². The number of aromatic nitrogens is 2. The van der Waals surface area contributed by atoms with Crippen LogP contribution in [0.15, 0.2) is 51.7 Å². The molecule has 0 saturated carbocycles. The zero-order chi connectivity index (χ0) is 20.0. The second-order valence-corrected chi connectivity index (χ2v) is 7.74. The number of nitrogens with zero attached hydrogens (tertiary/aromatic N) is 2. The molecule has 3 heterocycles. The number of imidazole rings is 1. The van der Waals surface area contributed by atoms with Crippen LogP contribution in [0.4, 0.5) is 0 Å². The van der Waals surface area contributed by atoms with Crippen molar-refractivity contribution >= 4 is 22.0 Å². The van der Waals surface area contributed by atoms with Crippen LogP contribution in [0.5, 0.6) is 5.75 Å². The van der Waals surface area contributed by atoms with Gasteiger partial charge in [-0.2, -0.15) is 0 Å². The molecule has 7 nitrogen and oxygen atoms in total. The van der Waals surface area contributed by atoms with Gasteiger partial charge in [-0.3, -0.25) is 4.90 Å². The molecule has 2 aromatic carbocycles. The van der Waals surface area contributed by atoms with Gasteiger partial charge in [-0.25, -0.2) is 9.78 Å². The second-order valence-electron chi connectivity index (χ2n) is 7.74. The third-order valence-electron chi connectivity index (χ3n) is 5.73. The zero-order valence-electron chi connectivity index (χ0n) is 16.2. The van der Waals surface area contributed by atoms with E-state index in [-0.39, 0.29) is 5.75 Å². The molecule has 0 atom stereocenters. The molecule has 4 aromatic rings. The van der Waals surface area contributed by atoms with Crippen LogP contribution < -0.4 is 15.6 Å². The van der Waals surface area contributed by atoms with Crippen molar-refractivity contribution in [3.8, 4) is 17.1 Å². The van der Waals surface area contributed by atoms with Crippen LogP contribution in [0, 0.1) is 0 Å². The number of fused-ring (bicyclic) bond motifs is 2. The van der Waals surface area contributed by atoms with E-state index >= 15 is 0 Å². The molecule has 0 radical (unpaired) electrons. The molecule has 2 aromatic heterocycles. The number of likely N-dealkylation sites (N-methyl/N-ethyl adjacent to an activating group) is 1. The first kappa shape index (κ1) is 17.9. The molecule has 1 saturated heterocycles. The van der Waals surface area contributed by atoms with Crippen LogP contribution in [0.25, 0.3) is 33.4 Å². The lowest BCUT2D eigenvalue weighted by molar-refractivity contribution is -0.918. The molecule has 0 unspecified atom stereocenters. The summed E-state index contributed by atoms with van der Waals surface area (Å²) >= 11 is 0. The fraction of sp³-hybridized carbons (Fsp3) is 0.273. The Kier molecular flexibility index (Phi) is 4.34. The predicted octanol–water partition coefficient (Wildman–Crippen LogP) is 0.740. The quantitative estimate of drug-likeness (QED) is 0.504. The highest BCUT2D eigenvalue weighted by atomic mass is 16.4. The van der Waals surface area contributed by atoms with Gasteiger partial charge in [0.05, 0.1) is 24.1 Å². The Morgan fingerprint density at radius 3 is 2.79 bits per heavy atom. The van der Waals surface area contributed by atoms with E-state index in [1.54, 1.807) is 18.2 Å². The smallest absolute Gasteiger partial charge is 0.347 e. The molecule has 1 fully saturated rings. The molecule has 0 amide bonds. The maximum Gasteiger partial charge on any atom is 0.347 e. The monoisotopic (exact) mass is 390 g/mol. The number of nitrogens with one attached hydrogen (secondary N) is 2. The van der Waals surface area contributed by atoms with E-state index in [1.807, 2.05) is 24.3 Å². The maximum atomic E-state index is 12.8. The lowest BCUT2D eigenvalue weighted by Crippen LogP contribution is -3.13. The van der Waals surface area contributed by atoms with Gasteiger partial charge in [-0.1, -0.05) is 30.0 Å². The van der Waals surface area contributed by atoms with Crippen LogP contribution in [-0.4, -0.2) is 48.1 Å². The Balaban J connectivity index is 1.57. The fourth-order valence-corrected chi connectivity index (χ4v) is 4.00. The van der Waals surface area contributed by atoms with E-state index < -0.39 is 5.63 Å². The minimum atomic E-state index is -0.489. The first-order valence-corrected chi connectivity index (χ1v) is 9.82. The topological polar surface area (TPSA) is 89.6 Å². The average Bonchev–Trinajstić information content (AvgIpc) is 3.15. The average molecular weight is 390 g/mol. The van der Waals surface area contributed by atoms with Crippen LogP contribution in [0.1, 0.15) is 5.56 Å². The maximum absolute atomic E-state index is 12.8. The number of rotatable bonds is 3. The Bertz CT molecular complexity index is 1220. The molecule has 1 aliphatic rings. The van der Waals surface area contributed by atoms with Gasteiger partial charge in [0.2, 0.25) is 0 Å². The third-order valence-corrected chi connectivity index (χ3v) is 5.73. The largest absolute Gasteiger partial charge is 0.872 e. The first-order chi connectivity index (χ1) is 14.1. The second kappa shape index (κ2) is 7.02. The minimum Gasteiger partial charge on any atom is -0.872 e. The number of para-hydroxylation sites is 2. The normalized spacial score (nSPS) is 16.0. The van der Waals surface area contributed by atoms with Crippen LogP contribution in [0.2, 0.25) is 0 Å². The van der Waals surface area contributed by atoms with Crippen molar-refractivity contribution in [3.05, 3.63) is 58.4 Å². The van der Waals surface area contributed by atoms with Crippen molar-refractivity contribution in [2.75, 3.05) is 33.2 Å². The molecule has 1 aliphatic heterocycles. The van der Waals surface area contributed by atoms with E-state index in [0.717, 1.165) is 42.6 Å². The lowest BCUT2D eigenvalue weighted by Gasteiger charge is -2.30. The summed E-state index contributed by atoms with van der Waals surface area (Å²) in [5.41, 5.74) is 2.50. The summed E-state index contributed by atoms with van der Waals surface area (Å²) in [6, 6.07) is 12.7. The molecular weight excluding hydrogens is 368 g/mol. The minimum absolute atomic E-state index is 0.0800. The van der Waals surface area contributed by atoms with Gasteiger partial charge in [0.1, 0.15) is 23.5 Å². The zero-order valence-corrected chi connectivity index (χ0v) is 16.2. The summed E-state index contributed by atoms with van der Waals surface area (Å²) in [7, 11) is 2.10. The number of hydrogen-bond donors (Lipinski definition) is 2. The van der Waals surface area contributed by atoms with Crippen LogP contribution in [-0.2, 0) is 6.54 Å². The molecule has 0 spiro atoms. The summed E-state index contributed by atoms with van der Waals surface area (Å²) in [5.74, 6) is 0.392. The van der Waals surface area contributed by atoms with Gasteiger partial charge in [0.15, 0.2) is 0 Å². The van der Waals surface area contributed by atoms with Gasteiger partial charge < -0.3 is 19.4 Å². The number of H-pyrrole nitrogens is 1. The first-order valence-electron chi connectivity index (χ1n) is 9.82. The predicted molar refractivity (Wildman–Crippen MR) is 109 cm³/mol. The van der Waals surface area contributed by atoms with Gasteiger partial charge in [-0.05, 0) is 25.2 Å². The summed E-state index contributed by atoms with van der Waals surface area (Å²) < 4.78 is 5.68. The summed E-state index contributed by atoms with van der Waals surface area (Å²) in [4.78, 5) is 24.1. The van der Waals surface area contributed by atoms with E-state index in [2.05, 4.69) is 21.9 Å². The van der Waals surface area contributed by atoms with Gasteiger partial charge >= 0.3 is 5.63 Å².